The molecule has 0 atom stereocenters. The Labute approximate surface area is 113 Å². The lowest BCUT2D eigenvalue weighted by atomic mass is 10.1. The Bertz CT molecular complexity index is 636. The maximum absolute atomic E-state index is 12.1. The Hall–Kier alpha value is -2.29. The number of hydrogen-bond acceptors (Lipinski definition) is 2. The minimum absolute atomic E-state index is 0.111. The minimum Gasteiger partial charge on any atom is -0.330 e. The van der Waals surface area contributed by atoms with Crippen molar-refractivity contribution in [3.8, 4) is 0 Å². The maximum atomic E-state index is 12.1. The Morgan fingerprint density at radius 3 is 2.47 bits per heavy atom. The second kappa shape index (κ2) is 4.43. The number of anilines is 3. The molecule has 1 amide bonds. The summed E-state index contributed by atoms with van der Waals surface area (Å²) in [6, 6.07) is 16.2. The topological polar surface area (TPSA) is 23.6 Å². The Morgan fingerprint density at radius 2 is 1.74 bits per heavy atom. The molecule has 3 nitrogen and oxygen atoms in total. The van der Waals surface area contributed by atoms with Gasteiger partial charge in [0.15, 0.2) is 0 Å². The normalized spacial score (nSPS) is 14.5. The molecule has 0 unspecified atom stereocenters. The number of rotatable bonds is 1. The highest BCUT2D eigenvalue weighted by atomic mass is 16.2. The first-order valence-electron chi connectivity index (χ1n) is 6.36. The third kappa shape index (κ3) is 1.97. The first-order chi connectivity index (χ1) is 9.16. The third-order valence-corrected chi connectivity index (χ3v) is 3.51. The number of hydrogen-bond donors (Lipinski definition) is 0. The summed E-state index contributed by atoms with van der Waals surface area (Å²) in [6.07, 6.45) is 0. The predicted molar refractivity (Wildman–Crippen MR) is 78.0 cm³/mol. The highest BCUT2D eigenvalue weighted by molar-refractivity contribution is 6.04. The summed E-state index contributed by atoms with van der Waals surface area (Å²) >= 11 is 0. The molecule has 0 fully saturated rings. The first kappa shape index (κ1) is 11.8. The van der Waals surface area contributed by atoms with Crippen molar-refractivity contribution in [3.63, 3.8) is 0 Å². The molecule has 2 aromatic rings. The van der Waals surface area contributed by atoms with Crippen LogP contribution in [0.1, 0.15) is 5.56 Å². The number of aryl methyl sites for hydroxylation is 1. The van der Waals surface area contributed by atoms with Crippen LogP contribution in [0, 0.1) is 6.92 Å². The zero-order chi connectivity index (χ0) is 13.4. The quantitative estimate of drug-likeness (QED) is 0.778. The van der Waals surface area contributed by atoms with E-state index >= 15 is 0 Å². The molecule has 0 bridgehead atoms. The van der Waals surface area contributed by atoms with E-state index in [0.717, 1.165) is 17.1 Å². The summed E-state index contributed by atoms with van der Waals surface area (Å²) in [6.45, 7) is 2.45. The van der Waals surface area contributed by atoms with E-state index in [9.17, 15) is 4.79 Å². The van der Waals surface area contributed by atoms with Gasteiger partial charge < -0.3 is 9.80 Å². The third-order valence-electron chi connectivity index (χ3n) is 3.51. The molecule has 2 aromatic carbocycles. The van der Waals surface area contributed by atoms with Gasteiger partial charge in [0.25, 0.3) is 0 Å². The molecule has 3 heteroatoms. The fourth-order valence-corrected chi connectivity index (χ4v) is 2.46. The van der Waals surface area contributed by atoms with Crippen molar-refractivity contribution in [2.75, 3.05) is 23.4 Å². The van der Waals surface area contributed by atoms with E-state index in [1.54, 1.807) is 4.90 Å². The number of carbonyl (C=O) groups is 1. The van der Waals surface area contributed by atoms with Crippen molar-refractivity contribution in [3.05, 3.63) is 54.1 Å². The van der Waals surface area contributed by atoms with Gasteiger partial charge in [-0.2, -0.15) is 0 Å². The van der Waals surface area contributed by atoms with Crippen LogP contribution in [0.2, 0.25) is 0 Å². The molecule has 1 aliphatic rings. The highest BCUT2D eigenvalue weighted by Gasteiger charge is 2.27. The Morgan fingerprint density at radius 1 is 1.00 bits per heavy atom. The van der Waals surface area contributed by atoms with Gasteiger partial charge in [-0.25, -0.2) is 0 Å². The van der Waals surface area contributed by atoms with E-state index in [4.69, 9.17) is 0 Å². The lowest BCUT2D eigenvalue weighted by Crippen LogP contribution is -2.41. The highest BCUT2D eigenvalue weighted by Crippen LogP contribution is 2.37. The van der Waals surface area contributed by atoms with Gasteiger partial charge >= 0.3 is 0 Å². The van der Waals surface area contributed by atoms with Gasteiger partial charge in [-0.15, -0.1) is 0 Å². The molecule has 0 saturated carbocycles. The fraction of sp³-hybridized carbons (Fsp3) is 0.188. The molecule has 19 heavy (non-hydrogen) atoms. The van der Waals surface area contributed by atoms with Crippen LogP contribution in [0.3, 0.4) is 0 Å². The molecule has 0 spiro atoms. The first-order valence-corrected chi connectivity index (χ1v) is 6.36. The van der Waals surface area contributed by atoms with E-state index in [-0.39, 0.29) is 5.91 Å². The second-order valence-electron chi connectivity index (χ2n) is 4.87. The van der Waals surface area contributed by atoms with Crippen LogP contribution in [0.25, 0.3) is 0 Å². The molecule has 3 rings (SSSR count). The maximum Gasteiger partial charge on any atom is 0.246 e. The average molecular weight is 252 g/mol. The summed E-state index contributed by atoms with van der Waals surface area (Å²) in [4.78, 5) is 15.9. The molecule has 1 heterocycles. The average Bonchev–Trinajstić information content (AvgIpc) is 2.43. The molecule has 0 N–H and O–H groups in total. The number of amides is 1. The molecule has 1 aliphatic heterocycles. The van der Waals surface area contributed by atoms with Crippen LogP contribution in [-0.4, -0.2) is 19.5 Å². The second-order valence-corrected chi connectivity index (χ2v) is 4.87. The van der Waals surface area contributed by atoms with E-state index in [1.165, 1.54) is 5.56 Å². The van der Waals surface area contributed by atoms with Crippen molar-refractivity contribution >= 4 is 23.0 Å². The molecule has 0 radical (unpaired) electrons. The number of likely N-dealkylation sites (N-methyl/N-ethyl adjacent to an activating group) is 1. The smallest absolute Gasteiger partial charge is 0.246 e. The van der Waals surface area contributed by atoms with E-state index in [2.05, 4.69) is 30.0 Å². The molecular formula is C16H16N2O. The number of benzene rings is 2. The van der Waals surface area contributed by atoms with Gasteiger partial charge in [0.1, 0.15) is 6.54 Å². The summed E-state index contributed by atoms with van der Waals surface area (Å²) in [7, 11) is 1.83. The summed E-state index contributed by atoms with van der Waals surface area (Å²) in [5.41, 5.74) is 4.30. The van der Waals surface area contributed by atoms with E-state index in [0.29, 0.717) is 6.54 Å². The Kier molecular flexibility index (Phi) is 2.75. The zero-order valence-electron chi connectivity index (χ0n) is 11.1. The summed E-state index contributed by atoms with van der Waals surface area (Å²) < 4.78 is 0. The van der Waals surface area contributed by atoms with Gasteiger partial charge in [0.05, 0.1) is 11.4 Å². The van der Waals surface area contributed by atoms with Crippen molar-refractivity contribution in [2.45, 2.75) is 6.92 Å². The Balaban J connectivity index is 2.13. The molecule has 0 aromatic heterocycles. The molecule has 96 valence electrons. The van der Waals surface area contributed by atoms with Gasteiger partial charge in [0.2, 0.25) is 5.91 Å². The van der Waals surface area contributed by atoms with Crippen LogP contribution in [0.4, 0.5) is 17.1 Å². The molecular weight excluding hydrogens is 236 g/mol. The van der Waals surface area contributed by atoms with Crippen LogP contribution in [-0.2, 0) is 4.79 Å². The van der Waals surface area contributed by atoms with Gasteiger partial charge in [0, 0.05) is 12.7 Å². The van der Waals surface area contributed by atoms with E-state index < -0.39 is 0 Å². The number of fused-ring (bicyclic) bond motifs is 1. The lowest BCUT2D eigenvalue weighted by Gasteiger charge is -2.35. The largest absolute Gasteiger partial charge is 0.330 e. The van der Waals surface area contributed by atoms with Gasteiger partial charge in [-0.1, -0.05) is 24.3 Å². The monoisotopic (exact) mass is 252 g/mol. The lowest BCUT2D eigenvalue weighted by molar-refractivity contribution is -0.117. The molecule has 0 aliphatic carbocycles. The molecule has 0 saturated heterocycles. The van der Waals surface area contributed by atoms with Gasteiger partial charge in [-0.05, 0) is 36.8 Å². The van der Waals surface area contributed by atoms with E-state index in [1.807, 2.05) is 37.4 Å². The summed E-state index contributed by atoms with van der Waals surface area (Å²) in [5, 5.41) is 0. The van der Waals surface area contributed by atoms with Crippen molar-refractivity contribution in [2.24, 2.45) is 0 Å². The number of nitrogens with zero attached hydrogens (tertiary/aromatic N) is 2. The minimum atomic E-state index is 0.111. The number of para-hydroxylation sites is 2. The standard InChI is InChI=1S/C16H16N2O/c1-12-6-5-7-13(10-12)18-11-16(19)17(2)14-8-3-4-9-15(14)18/h3-10H,11H2,1-2H3. The summed E-state index contributed by atoms with van der Waals surface area (Å²) in [5.74, 6) is 0.111. The van der Waals surface area contributed by atoms with Crippen LogP contribution < -0.4 is 9.80 Å². The van der Waals surface area contributed by atoms with Crippen molar-refractivity contribution in [1.29, 1.82) is 0 Å². The van der Waals surface area contributed by atoms with Crippen LogP contribution >= 0.6 is 0 Å². The fourth-order valence-electron chi connectivity index (χ4n) is 2.46. The number of carbonyl (C=O) groups excluding carboxylic acids is 1. The van der Waals surface area contributed by atoms with Crippen LogP contribution in [0.15, 0.2) is 48.5 Å². The predicted octanol–water partition coefficient (Wildman–Crippen LogP) is 3.11. The van der Waals surface area contributed by atoms with Crippen molar-refractivity contribution in [1.82, 2.24) is 0 Å². The van der Waals surface area contributed by atoms with Gasteiger partial charge in [-0.3, -0.25) is 4.79 Å². The van der Waals surface area contributed by atoms with Crippen molar-refractivity contribution < 1.29 is 4.79 Å². The zero-order valence-corrected chi connectivity index (χ0v) is 11.1. The SMILES string of the molecule is Cc1cccc(N2CC(=O)N(C)c3ccccc32)c1. The van der Waals surface area contributed by atoms with Crippen LogP contribution in [0.5, 0.6) is 0 Å².